The van der Waals surface area contributed by atoms with Crippen LogP contribution in [0.25, 0.3) is 0 Å². The highest BCUT2D eigenvalue weighted by Crippen LogP contribution is 2.26. The topological polar surface area (TPSA) is 53.1 Å². The van der Waals surface area contributed by atoms with Crippen molar-refractivity contribution < 1.29 is 0 Å². The highest BCUT2D eigenvalue weighted by atomic mass is 32.1. The van der Waals surface area contributed by atoms with E-state index in [-0.39, 0.29) is 0 Å². The summed E-state index contributed by atoms with van der Waals surface area (Å²) in [5.74, 6) is 1.73. The zero-order valence-electron chi connectivity index (χ0n) is 10.6. The minimum Gasteiger partial charge on any atom is -0.369 e. The molecule has 96 valence electrons. The molecule has 0 aliphatic carbocycles. The minimum absolute atomic E-state index is 0.843. The molecular weight excluding hydrogens is 246 g/mol. The van der Waals surface area contributed by atoms with Crippen LogP contribution in [-0.4, -0.2) is 37.2 Å². The van der Waals surface area contributed by atoms with E-state index >= 15 is 0 Å². The molecule has 0 saturated carbocycles. The van der Waals surface area contributed by atoms with Crippen LogP contribution in [0.4, 0.5) is 16.6 Å². The van der Waals surface area contributed by atoms with Gasteiger partial charge in [0.2, 0.25) is 0 Å². The van der Waals surface area contributed by atoms with Gasteiger partial charge in [0.05, 0.1) is 5.00 Å². The molecule has 0 saturated heterocycles. The molecule has 2 rings (SSSR count). The lowest BCUT2D eigenvalue weighted by atomic mass is 10.4. The van der Waals surface area contributed by atoms with E-state index in [1.54, 1.807) is 17.7 Å². The molecule has 18 heavy (non-hydrogen) atoms. The molecule has 6 heteroatoms. The first kappa shape index (κ1) is 12.8. The third kappa shape index (κ3) is 3.18. The third-order valence-electron chi connectivity index (χ3n) is 2.51. The summed E-state index contributed by atoms with van der Waals surface area (Å²) < 4.78 is 0. The molecule has 2 N–H and O–H groups in total. The Morgan fingerprint density at radius 2 is 2.22 bits per heavy atom. The van der Waals surface area contributed by atoms with Gasteiger partial charge < -0.3 is 15.5 Å². The molecule has 2 aromatic heterocycles. The Morgan fingerprint density at radius 3 is 2.94 bits per heavy atom. The number of hydrogen-bond donors (Lipinski definition) is 2. The van der Waals surface area contributed by atoms with E-state index in [0.717, 1.165) is 29.7 Å². The van der Waals surface area contributed by atoms with Crippen molar-refractivity contribution in [2.75, 3.05) is 37.4 Å². The summed E-state index contributed by atoms with van der Waals surface area (Å²) in [4.78, 5) is 10.5. The van der Waals surface area contributed by atoms with E-state index in [1.807, 2.05) is 26.2 Å². The Hall–Kier alpha value is -1.66. The van der Waals surface area contributed by atoms with Crippen molar-refractivity contribution >= 4 is 28.0 Å². The molecule has 0 unspecified atom stereocenters. The SMILES string of the molecule is CNCCNc1cc(N(C)c2cccs2)ncn1. The molecule has 0 bridgehead atoms. The maximum atomic E-state index is 4.29. The van der Waals surface area contributed by atoms with Crippen LogP contribution >= 0.6 is 11.3 Å². The summed E-state index contributed by atoms with van der Waals surface area (Å²) in [5.41, 5.74) is 0. The van der Waals surface area contributed by atoms with Gasteiger partial charge in [-0.1, -0.05) is 0 Å². The second-order valence-corrected chi connectivity index (χ2v) is 4.73. The first-order chi connectivity index (χ1) is 8.81. The predicted octanol–water partition coefficient (Wildman–Crippen LogP) is 1.94. The van der Waals surface area contributed by atoms with E-state index in [4.69, 9.17) is 0 Å². The van der Waals surface area contributed by atoms with Crippen molar-refractivity contribution in [2.45, 2.75) is 0 Å². The second-order valence-electron chi connectivity index (χ2n) is 3.80. The molecule has 0 spiro atoms. The van der Waals surface area contributed by atoms with Gasteiger partial charge in [0.25, 0.3) is 0 Å². The normalized spacial score (nSPS) is 10.3. The van der Waals surface area contributed by atoms with Crippen LogP contribution < -0.4 is 15.5 Å². The average Bonchev–Trinajstić information content (AvgIpc) is 2.92. The van der Waals surface area contributed by atoms with Crippen LogP contribution in [0.5, 0.6) is 0 Å². The lowest BCUT2D eigenvalue weighted by Gasteiger charge is -2.16. The van der Waals surface area contributed by atoms with E-state index in [0.29, 0.717) is 0 Å². The van der Waals surface area contributed by atoms with Crippen LogP contribution in [0.15, 0.2) is 29.9 Å². The van der Waals surface area contributed by atoms with Crippen LogP contribution in [0, 0.1) is 0 Å². The van der Waals surface area contributed by atoms with E-state index in [9.17, 15) is 0 Å². The van der Waals surface area contributed by atoms with E-state index < -0.39 is 0 Å². The number of hydrogen-bond acceptors (Lipinski definition) is 6. The number of aromatic nitrogens is 2. The van der Waals surface area contributed by atoms with Crippen molar-refractivity contribution in [1.82, 2.24) is 15.3 Å². The smallest absolute Gasteiger partial charge is 0.138 e. The fourth-order valence-corrected chi connectivity index (χ4v) is 2.22. The molecule has 2 aromatic rings. The average molecular weight is 263 g/mol. The van der Waals surface area contributed by atoms with Gasteiger partial charge in [-0.15, -0.1) is 11.3 Å². The van der Waals surface area contributed by atoms with Gasteiger partial charge in [0.15, 0.2) is 0 Å². The summed E-state index contributed by atoms with van der Waals surface area (Å²) >= 11 is 1.69. The summed E-state index contributed by atoms with van der Waals surface area (Å²) in [6.07, 6.45) is 1.58. The van der Waals surface area contributed by atoms with Gasteiger partial charge in [0, 0.05) is 26.2 Å². The van der Waals surface area contributed by atoms with Gasteiger partial charge in [-0.2, -0.15) is 0 Å². The number of anilines is 3. The van der Waals surface area contributed by atoms with Crippen LogP contribution in [0.1, 0.15) is 0 Å². The van der Waals surface area contributed by atoms with E-state index in [1.165, 1.54) is 0 Å². The van der Waals surface area contributed by atoms with Crippen LogP contribution in [0.3, 0.4) is 0 Å². The van der Waals surface area contributed by atoms with Crippen molar-refractivity contribution in [2.24, 2.45) is 0 Å². The lowest BCUT2D eigenvalue weighted by molar-refractivity contribution is 0.820. The largest absolute Gasteiger partial charge is 0.369 e. The molecule has 0 atom stereocenters. The maximum absolute atomic E-state index is 4.29. The second kappa shape index (κ2) is 6.32. The summed E-state index contributed by atoms with van der Waals surface area (Å²) in [5, 5.41) is 9.55. The quantitative estimate of drug-likeness (QED) is 0.780. The highest BCUT2D eigenvalue weighted by molar-refractivity contribution is 7.14. The zero-order valence-corrected chi connectivity index (χ0v) is 11.4. The standard InChI is InChI=1S/C12H17N5S/c1-13-5-6-14-10-8-11(16-9-15-10)17(2)12-4-3-7-18-12/h3-4,7-9,13H,5-6H2,1-2H3,(H,14,15,16). The molecule has 0 aliphatic rings. The number of nitrogens with zero attached hydrogens (tertiary/aromatic N) is 3. The van der Waals surface area contributed by atoms with Crippen molar-refractivity contribution in [1.29, 1.82) is 0 Å². The van der Waals surface area contributed by atoms with Crippen molar-refractivity contribution in [3.05, 3.63) is 29.9 Å². The first-order valence-corrected chi connectivity index (χ1v) is 6.67. The zero-order chi connectivity index (χ0) is 12.8. The predicted molar refractivity (Wildman–Crippen MR) is 76.8 cm³/mol. The first-order valence-electron chi connectivity index (χ1n) is 5.79. The number of likely N-dealkylation sites (N-methyl/N-ethyl adjacent to an activating group) is 1. The molecule has 0 aromatic carbocycles. The monoisotopic (exact) mass is 263 g/mol. The maximum Gasteiger partial charge on any atom is 0.138 e. The van der Waals surface area contributed by atoms with Gasteiger partial charge in [-0.3, -0.25) is 0 Å². The number of nitrogens with one attached hydrogen (secondary N) is 2. The number of thiophene rings is 1. The Kier molecular flexibility index (Phi) is 4.49. The van der Waals surface area contributed by atoms with Crippen LogP contribution in [-0.2, 0) is 0 Å². The minimum atomic E-state index is 0.843. The summed E-state index contributed by atoms with van der Waals surface area (Å²) in [6, 6.07) is 6.06. The van der Waals surface area contributed by atoms with Gasteiger partial charge in [0.1, 0.15) is 18.0 Å². The summed E-state index contributed by atoms with van der Waals surface area (Å²) in [7, 11) is 3.93. The Morgan fingerprint density at radius 1 is 1.33 bits per heavy atom. The molecule has 0 radical (unpaired) electrons. The van der Waals surface area contributed by atoms with Gasteiger partial charge >= 0.3 is 0 Å². The van der Waals surface area contributed by atoms with Crippen molar-refractivity contribution in [3.63, 3.8) is 0 Å². The fourth-order valence-electron chi connectivity index (χ4n) is 1.52. The van der Waals surface area contributed by atoms with Crippen LogP contribution in [0.2, 0.25) is 0 Å². The molecular formula is C12H17N5S. The van der Waals surface area contributed by atoms with Gasteiger partial charge in [-0.05, 0) is 24.6 Å². The Bertz CT molecular complexity index is 471. The van der Waals surface area contributed by atoms with E-state index in [2.05, 4.69) is 36.9 Å². The summed E-state index contributed by atoms with van der Waals surface area (Å²) in [6.45, 7) is 1.75. The molecule has 2 heterocycles. The van der Waals surface area contributed by atoms with Gasteiger partial charge in [-0.25, -0.2) is 9.97 Å². The molecule has 0 fully saturated rings. The Balaban J connectivity index is 2.07. The third-order valence-corrected chi connectivity index (χ3v) is 3.46. The Labute approximate surface area is 111 Å². The lowest BCUT2D eigenvalue weighted by Crippen LogP contribution is -2.18. The molecule has 0 amide bonds. The number of rotatable bonds is 6. The fraction of sp³-hybridized carbons (Fsp3) is 0.333. The van der Waals surface area contributed by atoms with Crippen molar-refractivity contribution in [3.8, 4) is 0 Å². The molecule has 5 nitrogen and oxygen atoms in total. The molecule has 0 aliphatic heterocycles. The highest BCUT2D eigenvalue weighted by Gasteiger charge is 2.07.